The zero-order valence-electron chi connectivity index (χ0n) is 15.8. The van der Waals surface area contributed by atoms with Gasteiger partial charge in [-0.1, -0.05) is 29.8 Å². The number of ether oxygens (including phenoxy) is 1. The van der Waals surface area contributed by atoms with Gasteiger partial charge in [0.1, 0.15) is 0 Å². The summed E-state index contributed by atoms with van der Waals surface area (Å²) < 4.78 is 44.1. The van der Waals surface area contributed by atoms with Crippen LogP contribution in [0.25, 0.3) is 0 Å². The topological polar surface area (TPSA) is 53.9 Å². The fraction of sp³-hybridized carbons (Fsp3) is 0.300. The van der Waals surface area contributed by atoms with Crippen molar-refractivity contribution in [2.45, 2.75) is 32.5 Å². The smallest absolute Gasteiger partial charge is 0.416 e. The van der Waals surface area contributed by atoms with Crippen molar-refractivity contribution in [3.63, 3.8) is 0 Å². The van der Waals surface area contributed by atoms with Crippen molar-refractivity contribution in [3.05, 3.63) is 58.6 Å². The molecule has 2 aromatic carbocycles. The second-order valence-corrected chi connectivity index (χ2v) is 6.92. The van der Waals surface area contributed by atoms with Gasteiger partial charge in [0.2, 0.25) is 5.84 Å². The van der Waals surface area contributed by atoms with E-state index in [2.05, 4.69) is 10.5 Å². The van der Waals surface area contributed by atoms with E-state index < -0.39 is 17.7 Å². The molecule has 0 fully saturated rings. The molecule has 2 aromatic rings. The maximum atomic E-state index is 13.0. The van der Waals surface area contributed by atoms with Crippen LogP contribution in [0, 0.1) is 0 Å². The van der Waals surface area contributed by atoms with Gasteiger partial charge < -0.3 is 9.64 Å². The Kier molecular flexibility index (Phi) is 6.02. The van der Waals surface area contributed by atoms with Crippen molar-refractivity contribution in [2.75, 3.05) is 16.9 Å². The molecule has 0 saturated heterocycles. The molecule has 3 rings (SSSR count). The SMILES string of the molecule is CCOC(=O)/C(=N\Nc1cc(C(F)(F)F)ccc1Cl)N1c2ccccc2C[C@H]1C. The number of para-hydroxylation sites is 1. The fourth-order valence-corrected chi connectivity index (χ4v) is 3.34. The number of hydrogen-bond acceptors (Lipinski definition) is 4. The second kappa shape index (κ2) is 8.32. The first-order valence-corrected chi connectivity index (χ1v) is 9.35. The van der Waals surface area contributed by atoms with Crippen LogP contribution < -0.4 is 10.3 Å². The summed E-state index contributed by atoms with van der Waals surface area (Å²) >= 11 is 6.01. The fourth-order valence-electron chi connectivity index (χ4n) is 3.18. The summed E-state index contributed by atoms with van der Waals surface area (Å²) in [4.78, 5) is 14.3. The standard InChI is InChI=1S/C20H19ClF3N3O2/c1-3-29-19(28)18(27-12(2)10-13-6-4-5-7-17(13)27)26-25-16-11-14(20(22,23)24)8-9-15(16)21/h4-9,11-12,25H,3,10H2,1-2H3/b26-18+/t12-/m1/s1. The predicted molar refractivity (Wildman–Crippen MR) is 106 cm³/mol. The highest BCUT2D eigenvalue weighted by atomic mass is 35.5. The Balaban J connectivity index is 1.99. The molecule has 0 spiro atoms. The average molecular weight is 426 g/mol. The summed E-state index contributed by atoms with van der Waals surface area (Å²) in [6.07, 6.45) is -3.84. The first-order chi connectivity index (χ1) is 13.7. The number of esters is 1. The van der Waals surface area contributed by atoms with Crippen molar-refractivity contribution in [3.8, 4) is 0 Å². The van der Waals surface area contributed by atoms with Crippen LogP contribution in [0.4, 0.5) is 24.5 Å². The Morgan fingerprint density at radius 3 is 2.72 bits per heavy atom. The van der Waals surface area contributed by atoms with E-state index in [4.69, 9.17) is 16.3 Å². The number of carbonyl (C=O) groups excluding carboxylic acids is 1. The predicted octanol–water partition coefficient (Wildman–Crippen LogP) is 5.10. The third kappa shape index (κ3) is 4.48. The molecule has 1 N–H and O–H groups in total. The third-order valence-electron chi connectivity index (χ3n) is 4.47. The number of anilines is 2. The van der Waals surface area contributed by atoms with Gasteiger partial charge in [0.05, 0.1) is 22.9 Å². The number of rotatable bonds is 3. The molecule has 0 radical (unpaired) electrons. The lowest BCUT2D eigenvalue weighted by atomic mass is 10.1. The monoisotopic (exact) mass is 425 g/mol. The van der Waals surface area contributed by atoms with E-state index in [1.807, 2.05) is 31.2 Å². The molecule has 0 bridgehead atoms. The van der Waals surface area contributed by atoms with Crippen LogP contribution in [0.3, 0.4) is 0 Å². The van der Waals surface area contributed by atoms with Gasteiger partial charge >= 0.3 is 12.1 Å². The highest BCUT2D eigenvalue weighted by Crippen LogP contribution is 2.35. The number of benzene rings is 2. The summed E-state index contributed by atoms with van der Waals surface area (Å²) in [6, 6.07) is 10.3. The summed E-state index contributed by atoms with van der Waals surface area (Å²) in [7, 11) is 0. The van der Waals surface area contributed by atoms with Crippen LogP contribution in [0.5, 0.6) is 0 Å². The van der Waals surface area contributed by atoms with Gasteiger partial charge in [0.25, 0.3) is 0 Å². The van der Waals surface area contributed by atoms with Gasteiger partial charge in [-0.15, -0.1) is 5.10 Å². The van der Waals surface area contributed by atoms with Crippen LogP contribution in [0.15, 0.2) is 47.6 Å². The van der Waals surface area contributed by atoms with Crippen LogP contribution in [0.1, 0.15) is 25.0 Å². The zero-order valence-corrected chi connectivity index (χ0v) is 16.5. The molecule has 154 valence electrons. The van der Waals surface area contributed by atoms with Crippen molar-refractivity contribution in [2.24, 2.45) is 5.10 Å². The molecule has 1 heterocycles. The number of hydrogen-bond donors (Lipinski definition) is 1. The number of halogens is 4. The van der Waals surface area contributed by atoms with Gasteiger partial charge in [0, 0.05) is 11.7 Å². The van der Waals surface area contributed by atoms with E-state index in [1.165, 1.54) is 0 Å². The summed E-state index contributed by atoms with van der Waals surface area (Å²) in [6.45, 7) is 3.71. The van der Waals surface area contributed by atoms with Crippen LogP contribution in [-0.2, 0) is 22.1 Å². The number of alkyl halides is 3. The Morgan fingerprint density at radius 2 is 2.03 bits per heavy atom. The van der Waals surface area contributed by atoms with E-state index in [1.54, 1.807) is 11.8 Å². The minimum absolute atomic E-state index is 0.0415. The molecule has 29 heavy (non-hydrogen) atoms. The molecule has 9 heteroatoms. The maximum absolute atomic E-state index is 13.0. The van der Waals surface area contributed by atoms with Crippen molar-refractivity contribution < 1.29 is 22.7 Å². The van der Waals surface area contributed by atoms with Crippen molar-refractivity contribution in [1.29, 1.82) is 0 Å². The quantitative estimate of drug-likeness (QED) is 0.322. The van der Waals surface area contributed by atoms with E-state index in [0.717, 1.165) is 29.4 Å². The Bertz CT molecular complexity index is 947. The maximum Gasteiger partial charge on any atom is 0.416 e. The Labute approximate surface area is 171 Å². The molecule has 0 aromatic heterocycles. The van der Waals surface area contributed by atoms with Crippen LogP contribution in [0.2, 0.25) is 5.02 Å². The number of nitrogens with zero attached hydrogens (tertiary/aromatic N) is 2. The van der Waals surface area contributed by atoms with Crippen molar-refractivity contribution >= 4 is 34.8 Å². The van der Waals surface area contributed by atoms with Crippen LogP contribution in [-0.4, -0.2) is 24.5 Å². The van der Waals surface area contributed by atoms with Gasteiger partial charge in [0.15, 0.2) is 0 Å². The summed E-state index contributed by atoms with van der Waals surface area (Å²) in [5, 5.41) is 4.14. The van der Waals surface area contributed by atoms with E-state index in [0.29, 0.717) is 6.42 Å². The largest absolute Gasteiger partial charge is 0.460 e. The minimum atomic E-state index is -4.53. The second-order valence-electron chi connectivity index (χ2n) is 6.51. The lowest BCUT2D eigenvalue weighted by Crippen LogP contribution is -2.42. The van der Waals surface area contributed by atoms with Crippen LogP contribution >= 0.6 is 11.6 Å². The molecule has 0 aliphatic carbocycles. The van der Waals surface area contributed by atoms with Gasteiger partial charge in [-0.2, -0.15) is 13.2 Å². The minimum Gasteiger partial charge on any atom is -0.460 e. The first-order valence-electron chi connectivity index (χ1n) is 8.97. The lowest BCUT2D eigenvalue weighted by molar-refractivity contribution is -0.137. The molecular formula is C20H19ClF3N3O2. The van der Waals surface area contributed by atoms with E-state index in [9.17, 15) is 18.0 Å². The normalized spacial score (nSPS) is 16.6. The molecule has 0 saturated carbocycles. The van der Waals surface area contributed by atoms with E-state index in [-0.39, 0.29) is 29.2 Å². The molecule has 1 aliphatic heterocycles. The average Bonchev–Trinajstić information content (AvgIpc) is 2.98. The lowest BCUT2D eigenvalue weighted by Gasteiger charge is -2.25. The number of hydrazone groups is 1. The number of amidine groups is 1. The molecule has 0 amide bonds. The van der Waals surface area contributed by atoms with Gasteiger partial charge in [-0.25, -0.2) is 4.79 Å². The molecule has 1 aliphatic rings. The Hall–Kier alpha value is -2.74. The number of nitrogens with one attached hydrogen (secondary N) is 1. The third-order valence-corrected chi connectivity index (χ3v) is 4.80. The first kappa shape index (κ1) is 21.0. The Morgan fingerprint density at radius 1 is 1.31 bits per heavy atom. The summed E-state index contributed by atoms with van der Waals surface area (Å²) in [5.41, 5.74) is 3.39. The molecule has 5 nitrogen and oxygen atoms in total. The summed E-state index contributed by atoms with van der Waals surface area (Å²) in [5.74, 6) is -0.746. The van der Waals surface area contributed by atoms with E-state index >= 15 is 0 Å². The zero-order chi connectivity index (χ0) is 21.2. The highest BCUT2D eigenvalue weighted by molar-refractivity contribution is 6.41. The van der Waals surface area contributed by atoms with Crippen molar-refractivity contribution in [1.82, 2.24) is 0 Å². The van der Waals surface area contributed by atoms with Gasteiger partial charge in [-0.05, 0) is 50.1 Å². The van der Waals surface area contributed by atoms with Gasteiger partial charge in [-0.3, -0.25) is 5.43 Å². The highest BCUT2D eigenvalue weighted by Gasteiger charge is 2.34. The number of fused-ring (bicyclic) bond motifs is 1. The molecule has 1 atom stereocenters. The number of carbonyl (C=O) groups is 1. The molecule has 0 unspecified atom stereocenters. The molecular weight excluding hydrogens is 407 g/mol.